The first kappa shape index (κ1) is 13.5. The van der Waals surface area contributed by atoms with Crippen molar-refractivity contribution in [2.45, 2.75) is 49.6 Å². The molecule has 0 amide bonds. The molecule has 0 saturated heterocycles. The number of sulfonamides is 1. The van der Waals surface area contributed by atoms with Crippen LogP contribution in [0.25, 0.3) is 0 Å². The molecule has 0 aliphatic heterocycles. The summed E-state index contributed by atoms with van der Waals surface area (Å²) in [6.07, 6.45) is 5.15. The fraction of sp³-hybridized carbons (Fsp3) is 0.538. The first-order valence-electron chi connectivity index (χ1n) is 6.34. The van der Waals surface area contributed by atoms with Crippen molar-refractivity contribution in [2.24, 2.45) is 0 Å². The van der Waals surface area contributed by atoms with Crippen LogP contribution in [0.3, 0.4) is 0 Å². The summed E-state index contributed by atoms with van der Waals surface area (Å²) in [4.78, 5) is 0.193. The summed E-state index contributed by atoms with van der Waals surface area (Å²) in [7, 11) is -3.51. The van der Waals surface area contributed by atoms with E-state index in [4.69, 9.17) is 0 Å². The highest BCUT2D eigenvalue weighted by molar-refractivity contribution is 7.89. The second-order valence-electron chi connectivity index (χ2n) is 4.72. The lowest BCUT2D eigenvalue weighted by molar-refractivity contribution is 0.278. The van der Waals surface area contributed by atoms with Crippen molar-refractivity contribution in [1.29, 1.82) is 0 Å². The van der Waals surface area contributed by atoms with Gasteiger partial charge in [-0.2, -0.15) is 0 Å². The molecule has 0 spiro atoms. The van der Waals surface area contributed by atoms with Gasteiger partial charge in [0, 0.05) is 6.04 Å². The van der Waals surface area contributed by atoms with Gasteiger partial charge in [-0.3, -0.25) is 0 Å². The summed E-state index contributed by atoms with van der Waals surface area (Å²) >= 11 is 0. The van der Waals surface area contributed by atoms with Crippen LogP contribution >= 0.6 is 0 Å². The second-order valence-corrected chi connectivity index (χ2v) is 6.40. The van der Waals surface area contributed by atoms with Gasteiger partial charge in [0.15, 0.2) is 0 Å². The number of rotatable bonds is 4. The van der Waals surface area contributed by atoms with Gasteiger partial charge in [0.25, 0.3) is 0 Å². The van der Waals surface area contributed by atoms with Gasteiger partial charge in [0.1, 0.15) is 0 Å². The van der Waals surface area contributed by atoms with E-state index in [-0.39, 0.29) is 17.5 Å². The Bertz CT molecular complexity index is 493. The van der Waals surface area contributed by atoms with Gasteiger partial charge in [0.2, 0.25) is 10.0 Å². The van der Waals surface area contributed by atoms with Crippen LogP contribution < -0.4 is 4.72 Å². The molecule has 1 aliphatic carbocycles. The summed E-state index contributed by atoms with van der Waals surface area (Å²) in [6.45, 7) is -0.262. The summed E-state index contributed by atoms with van der Waals surface area (Å²) in [6, 6.07) is 6.61. The lowest BCUT2D eigenvalue weighted by Crippen LogP contribution is -2.36. The van der Waals surface area contributed by atoms with E-state index < -0.39 is 10.0 Å². The third-order valence-corrected chi connectivity index (χ3v) is 4.98. The van der Waals surface area contributed by atoms with Crippen molar-refractivity contribution in [3.63, 3.8) is 0 Å². The second kappa shape index (κ2) is 5.82. The highest BCUT2D eigenvalue weighted by Crippen LogP contribution is 2.21. The maximum absolute atomic E-state index is 12.3. The average molecular weight is 269 g/mol. The van der Waals surface area contributed by atoms with Crippen molar-refractivity contribution in [3.8, 4) is 0 Å². The first-order chi connectivity index (χ1) is 8.63. The van der Waals surface area contributed by atoms with Crippen molar-refractivity contribution < 1.29 is 13.5 Å². The number of aliphatic hydroxyl groups is 1. The molecule has 5 heteroatoms. The largest absolute Gasteiger partial charge is 0.392 e. The molecule has 1 saturated carbocycles. The van der Waals surface area contributed by atoms with E-state index in [0.717, 1.165) is 25.7 Å². The molecule has 0 bridgehead atoms. The summed E-state index contributed by atoms with van der Waals surface area (Å²) in [5.74, 6) is 0. The van der Waals surface area contributed by atoms with Crippen LogP contribution in [0.5, 0.6) is 0 Å². The Kier molecular flexibility index (Phi) is 4.37. The SMILES string of the molecule is O=S(=O)(NC1CCCCC1)c1ccccc1CO. The van der Waals surface area contributed by atoms with E-state index in [2.05, 4.69) is 4.72 Å². The maximum Gasteiger partial charge on any atom is 0.241 e. The Balaban J connectivity index is 2.19. The Morgan fingerprint density at radius 1 is 1.17 bits per heavy atom. The van der Waals surface area contributed by atoms with Crippen LogP contribution in [-0.2, 0) is 16.6 Å². The summed E-state index contributed by atoms with van der Waals surface area (Å²) < 4.78 is 27.3. The number of benzene rings is 1. The zero-order valence-electron chi connectivity index (χ0n) is 10.3. The zero-order valence-corrected chi connectivity index (χ0v) is 11.1. The molecular weight excluding hydrogens is 250 g/mol. The fourth-order valence-electron chi connectivity index (χ4n) is 2.40. The Morgan fingerprint density at radius 2 is 1.83 bits per heavy atom. The fourth-order valence-corrected chi connectivity index (χ4v) is 3.94. The Labute approximate surface area is 108 Å². The van der Waals surface area contributed by atoms with Gasteiger partial charge < -0.3 is 5.11 Å². The minimum atomic E-state index is -3.51. The zero-order chi connectivity index (χ0) is 13.0. The molecule has 0 radical (unpaired) electrons. The molecule has 1 fully saturated rings. The highest BCUT2D eigenvalue weighted by atomic mass is 32.2. The monoisotopic (exact) mass is 269 g/mol. The number of nitrogens with one attached hydrogen (secondary N) is 1. The van der Waals surface area contributed by atoms with Crippen molar-refractivity contribution in [1.82, 2.24) is 4.72 Å². The summed E-state index contributed by atoms with van der Waals surface area (Å²) in [5, 5.41) is 9.20. The van der Waals surface area contributed by atoms with Crippen LogP contribution in [0.1, 0.15) is 37.7 Å². The van der Waals surface area contributed by atoms with E-state index >= 15 is 0 Å². The van der Waals surface area contributed by atoms with Crippen LogP contribution in [0, 0.1) is 0 Å². The molecule has 0 heterocycles. The minimum absolute atomic E-state index is 0.0375. The predicted octanol–water partition coefficient (Wildman–Crippen LogP) is 1.79. The Hall–Kier alpha value is -0.910. The summed E-state index contributed by atoms with van der Waals surface area (Å²) in [5.41, 5.74) is 0.445. The standard InChI is InChI=1S/C13H19NO3S/c15-10-11-6-4-5-9-13(11)18(16,17)14-12-7-2-1-3-8-12/h4-6,9,12,14-15H,1-3,7-8,10H2. The van der Waals surface area contributed by atoms with Gasteiger partial charge >= 0.3 is 0 Å². The van der Waals surface area contributed by atoms with Crippen LogP contribution in [-0.4, -0.2) is 19.6 Å². The molecule has 100 valence electrons. The molecule has 0 aromatic heterocycles. The third-order valence-electron chi connectivity index (χ3n) is 3.36. The van der Waals surface area contributed by atoms with E-state index in [1.165, 1.54) is 12.5 Å². The molecule has 1 aromatic rings. The molecule has 2 rings (SSSR count). The third kappa shape index (κ3) is 3.10. The minimum Gasteiger partial charge on any atom is -0.392 e. The van der Waals surface area contributed by atoms with Crippen LogP contribution in [0.2, 0.25) is 0 Å². The highest BCUT2D eigenvalue weighted by Gasteiger charge is 2.23. The number of aliphatic hydroxyl groups excluding tert-OH is 1. The topological polar surface area (TPSA) is 66.4 Å². The van der Waals surface area contributed by atoms with Gasteiger partial charge in [0.05, 0.1) is 11.5 Å². The van der Waals surface area contributed by atoms with Gasteiger partial charge in [-0.05, 0) is 24.5 Å². The van der Waals surface area contributed by atoms with Crippen molar-refractivity contribution >= 4 is 10.0 Å². The van der Waals surface area contributed by atoms with Crippen LogP contribution in [0.15, 0.2) is 29.2 Å². The van der Waals surface area contributed by atoms with Crippen molar-refractivity contribution in [2.75, 3.05) is 0 Å². The van der Waals surface area contributed by atoms with Crippen LogP contribution in [0.4, 0.5) is 0 Å². The molecule has 2 N–H and O–H groups in total. The normalized spacial score (nSPS) is 17.8. The Morgan fingerprint density at radius 3 is 2.50 bits per heavy atom. The lowest BCUT2D eigenvalue weighted by atomic mass is 9.96. The molecular formula is C13H19NO3S. The van der Waals surface area contributed by atoms with Gasteiger partial charge in [-0.1, -0.05) is 37.5 Å². The predicted molar refractivity (Wildman–Crippen MR) is 69.6 cm³/mol. The first-order valence-corrected chi connectivity index (χ1v) is 7.83. The van der Waals surface area contributed by atoms with E-state index in [9.17, 15) is 13.5 Å². The van der Waals surface area contributed by atoms with E-state index in [0.29, 0.717) is 5.56 Å². The molecule has 4 nitrogen and oxygen atoms in total. The molecule has 1 aromatic carbocycles. The number of hydrogen-bond acceptors (Lipinski definition) is 3. The van der Waals surface area contributed by atoms with E-state index in [1.54, 1.807) is 18.2 Å². The van der Waals surface area contributed by atoms with Gasteiger partial charge in [-0.25, -0.2) is 13.1 Å². The average Bonchev–Trinajstić information content (AvgIpc) is 2.39. The van der Waals surface area contributed by atoms with E-state index in [1.807, 2.05) is 0 Å². The maximum atomic E-state index is 12.3. The number of hydrogen-bond donors (Lipinski definition) is 2. The van der Waals surface area contributed by atoms with Crippen molar-refractivity contribution in [3.05, 3.63) is 29.8 Å². The lowest BCUT2D eigenvalue weighted by Gasteiger charge is -2.23. The molecule has 0 atom stereocenters. The smallest absolute Gasteiger partial charge is 0.241 e. The molecule has 18 heavy (non-hydrogen) atoms. The van der Waals surface area contributed by atoms with Gasteiger partial charge in [-0.15, -0.1) is 0 Å². The molecule has 0 unspecified atom stereocenters. The quantitative estimate of drug-likeness (QED) is 0.875. The molecule has 1 aliphatic rings.